The summed E-state index contributed by atoms with van der Waals surface area (Å²) in [6.07, 6.45) is 2.82. The zero-order chi connectivity index (χ0) is 18.3. The third kappa shape index (κ3) is 3.17. The summed E-state index contributed by atoms with van der Waals surface area (Å²) in [7, 11) is 0. The number of H-pyrrole nitrogens is 1. The lowest BCUT2D eigenvalue weighted by Gasteiger charge is -2.48. The van der Waals surface area contributed by atoms with Gasteiger partial charge in [-0.25, -0.2) is 4.98 Å². The molecular weight excluding hydrogens is 326 g/mol. The third-order valence-corrected chi connectivity index (χ3v) is 6.74. The molecule has 2 saturated heterocycles. The van der Waals surface area contributed by atoms with E-state index in [-0.39, 0.29) is 5.92 Å². The molecule has 5 heteroatoms. The SMILES string of the molecule is Cc1ccc2[nH]c(CN3CC[C@@](O)(C4CCOCC4)[C@H](C)C3)nc2c1C. The van der Waals surface area contributed by atoms with Gasteiger partial charge in [0.25, 0.3) is 0 Å². The number of aromatic nitrogens is 2. The zero-order valence-electron chi connectivity index (χ0n) is 16.2. The van der Waals surface area contributed by atoms with Crippen molar-refractivity contribution in [2.75, 3.05) is 26.3 Å². The van der Waals surface area contributed by atoms with E-state index < -0.39 is 5.60 Å². The summed E-state index contributed by atoms with van der Waals surface area (Å²) in [6, 6.07) is 4.27. The van der Waals surface area contributed by atoms with Crippen LogP contribution in [0.4, 0.5) is 0 Å². The van der Waals surface area contributed by atoms with Gasteiger partial charge in [-0.1, -0.05) is 13.0 Å². The first-order valence-corrected chi connectivity index (χ1v) is 9.94. The van der Waals surface area contributed by atoms with Crippen molar-refractivity contribution < 1.29 is 9.84 Å². The quantitative estimate of drug-likeness (QED) is 0.886. The van der Waals surface area contributed by atoms with Gasteiger partial charge in [0.05, 0.1) is 23.2 Å². The highest BCUT2D eigenvalue weighted by molar-refractivity contribution is 5.79. The van der Waals surface area contributed by atoms with Gasteiger partial charge in [0.2, 0.25) is 0 Å². The molecule has 0 bridgehead atoms. The lowest BCUT2D eigenvalue weighted by molar-refractivity contribution is -0.131. The Kier molecular flexibility index (Phi) is 4.80. The van der Waals surface area contributed by atoms with Crippen LogP contribution in [0.5, 0.6) is 0 Å². The predicted molar refractivity (Wildman–Crippen MR) is 103 cm³/mol. The number of imidazole rings is 1. The molecule has 0 aliphatic carbocycles. The van der Waals surface area contributed by atoms with Crippen LogP contribution in [0.2, 0.25) is 0 Å². The number of ether oxygens (including phenoxy) is 1. The highest BCUT2D eigenvalue weighted by Gasteiger charge is 2.45. The van der Waals surface area contributed by atoms with Crippen LogP contribution in [0.25, 0.3) is 11.0 Å². The molecule has 142 valence electrons. The summed E-state index contributed by atoms with van der Waals surface area (Å²) in [5.74, 6) is 1.68. The smallest absolute Gasteiger partial charge is 0.121 e. The van der Waals surface area contributed by atoms with Gasteiger partial charge in [0, 0.05) is 26.3 Å². The summed E-state index contributed by atoms with van der Waals surface area (Å²) < 4.78 is 5.48. The molecule has 0 spiro atoms. The van der Waals surface area contributed by atoms with Gasteiger partial charge in [-0.05, 0) is 62.1 Å². The standard InChI is InChI=1S/C21H31N3O2/c1-14-4-5-18-20(16(14)3)23-19(22-18)13-24-9-8-21(25,15(2)12-24)17-6-10-26-11-7-17/h4-5,15,17,25H,6-13H2,1-3H3,(H,22,23)/t15-,21+/m1/s1. The Morgan fingerprint density at radius 2 is 2.08 bits per heavy atom. The summed E-state index contributed by atoms with van der Waals surface area (Å²) in [5, 5.41) is 11.3. The molecule has 4 rings (SSSR count). The molecule has 2 aliphatic rings. The van der Waals surface area contributed by atoms with Crippen LogP contribution in [0.3, 0.4) is 0 Å². The van der Waals surface area contributed by atoms with E-state index in [2.05, 4.69) is 42.8 Å². The number of rotatable bonds is 3. The molecule has 26 heavy (non-hydrogen) atoms. The number of piperidine rings is 1. The second kappa shape index (κ2) is 6.95. The normalized spacial score (nSPS) is 28.7. The molecule has 2 N–H and O–H groups in total. The number of nitrogens with one attached hydrogen (secondary N) is 1. The van der Waals surface area contributed by atoms with Gasteiger partial charge < -0.3 is 14.8 Å². The number of aliphatic hydroxyl groups is 1. The lowest BCUT2D eigenvalue weighted by atomic mass is 9.70. The maximum Gasteiger partial charge on any atom is 0.121 e. The van der Waals surface area contributed by atoms with Crippen LogP contribution in [-0.2, 0) is 11.3 Å². The van der Waals surface area contributed by atoms with Crippen LogP contribution in [0.15, 0.2) is 12.1 Å². The lowest BCUT2D eigenvalue weighted by Crippen LogP contribution is -2.55. The molecule has 2 aromatic rings. The Morgan fingerprint density at radius 3 is 2.81 bits per heavy atom. The molecule has 3 heterocycles. The number of aromatic amines is 1. The van der Waals surface area contributed by atoms with E-state index in [4.69, 9.17) is 9.72 Å². The Hall–Kier alpha value is -1.43. The van der Waals surface area contributed by atoms with Gasteiger partial charge in [-0.15, -0.1) is 0 Å². The number of likely N-dealkylation sites (tertiary alicyclic amines) is 1. The fourth-order valence-corrected chi connectivity index (χ4v) is 4.82. The summed E-state index contributed by atoms with van der Waals surface area (Å²) in [6.45, 7) is 10.7. The second-order valence-corrected chi connectivity index (χ2v) is 8.35. The van der Waals surface area contributed by atoms with Crippen molar-refractivity contribution in [2.24, 2.45) is 11.8 Å². The highest BCUT2D eigenvalue weighted by atomic mass is 16.5. The van der Waals surface area contributed by atoms with E-state index in [1.165, 1.54) is 11.1 Å². The summed E-state index contributed by atoms with van der Waals surface area (Å²) >= 11 is 0. The fraction of sp³-hybridized carbons (Fsp3) is 0.667. The molecule has 0 unspecified atom stereocenters. The minimum Gasteiger partial charge on any atom is -0.389 e. The Morgan fingerprint density at radius 1 is 1.31 bits per heavy atom. The Bertz CT molecular complexity index is 781. The number of hydrogen-bond donors (Lipinski definition) is 2. The molecule has 1 aromatic heterocycles. The molecule has 0 saturated carbocycles. The average molecular weight is 357 g/mol. The molecule has 0 amide bonds. The molecule has 0 radical (unpaired) electrons. The first-order chi connectivity index (χ1) is 12.5. The van der Waals surface area contributed by atoms with Gasteiger partial charge in [-0.2, -0.15) is 0 Å². The van der Waals surface area contributed by atoms with Crippen molar-refractivity contribution in [3.8, 4) is 0 Å². The van der Waals surface area contributed by atoms with Gasteiger partial charge in [0.1, 0.15) is 5.82 Å². The van der Waals surface area contributed by atoms with E-state index in [0.29, 0.717) is 5.92 Å². The van der Waals surface area contributed by atoms with E-state index in [9.17, 15) is 5.11 Å². The monoisotopic (exact) mass is 357 g/mol. The predicted octanol–water partition coefficient (Wildman–Crippen LogP) is 3.18. The summed E-state index contributed by atoms with van der Waals surface area (Å²) in [4.78, 5) is 10.7. The Labute approximate surface area is 155 Å². The van der Waals surface area contributed by atoms with Crippen LogP contribution < -0.4 is 0 Å². The Balaban J connectivity index is 1.45. The average Bonchev–Trinajstić information content (AvgIpc) is 3.06. The van der Waals surface area contributed by atoms with Crippen molar-refractivity contribution >= 4 is 11.0 Å². The van der Waals surface area contributed by atoms with E-state index in [1.54, 1.807) is 0 Å². The first-order valence-electron chi connectivity index (χ1n) is 9.94. The minimum atomic E-state index is -0.540. The number of fused-ring (bicyclic) bond motifs is 1. The van der Waals surface area contributed by atoms with E-state index in [0.717, 1.165) is 69.0 Å². The number of nitrogens with zero attached hydrogens (tertiary/aromatic N) is 2. The van der Waals surface area contributed by atoms with Gasteiger partial charge in [0.15, 0.2) is 0 Å². The van der Waals surface area contributed by atoms with E-state index in [1.807, 2.05) is 0 Å². The largest absolute Gasteiger partial charge is 0.389 e. The van der Waals surface area contributed by atoms with Gasteiger partial charge in [-0.3, -0.25) is 4.90 Å². The third-order valence-electron chi connectivity index (χ3n) is 6.74. The molecule has 1 aromatic carbocycles. The van der Waals surface area contributed by atoms with Crippen molar-refractivity contribution in [2.45, 2.75) is 52.2 Å². The second-order valence-electron chi connectivity index (χ2n) is 8.35. The molecule has 5 nitrogen and oxygen atoms in total. The minimum absolute atomic E-state index is 0.271. The highest BCUT2D eigenvalue weighted by Crippen LogP contribution is 2.39. The molecule has 2 atom stereocenters. The van der Waals surface area contributed by atoms with E-state index >= 15 is 0 Å². The first kappa shape index (κ1) is 18.0. The maximum absolute atomic E-state index is 11.3. The van der Waals surface area contributed by atoms with Crippen molar-refractivity contribution in [3.05, 3.63) is 29.1 Å². The molecular formula is C21H31N3O2. The van der Waals surface area contributed by atoms with Crippen LogP contribution in [-0.4, -0.2) is 51.9 Å². The fourth-order valence-electron chi connectivity index (χ4n) is 4.82. The van der Waals surface area contributed by atoms with Gasteiger partial charge >= 0.3 is 0 Å². The topological polar surface area (TPSA) is 61.4 Å². The zero-order valence-corrected chi connectivity index (χ0v) is 16.2. The van der Waals surface area contributed by atoms with Crippen molar-refractivity contribution in [1.29, 1.82) is 0 Å². The summed E-state index contributed by atoms with van der Waals surface area (Å²) in [5.41, 5.74) is 4.20. The van der Waals surface area contributed by atoms with Crippen LogP contribution >= 0.6 is 0 Å². The van der Waals surface area contributed by atoms with Crippen molar-refractivity contribution in [3.63, 3.8) is 0 Å². The maximum atomic E-state index is 11.3. The van der Waals surface area contributed by atoms with Crippen LogP contribution in [0.1, 0.15) is 43.1 Å². The number of hydrogen-bond acceptors (Lipinski definition) is 4. The number of aryl methyl sites for hydroxylation is 2. The molecule has 2 fully saturated rings. The van der Waals surface area contributed by atoms with Crippen LogP contribution in [0, 0.1) is 25.7 Å². The molecule has 2 aliphatic heterocycles. The van der Waals surface area contributed by atoms with Crippen molar-refractivity contribution in [1.82, 2.24) is 14.9 Å². The number of benzene rings is 1.